The molecule has 1 fully saturated rings. The maximum absolute atomic E-state index is 14.7. The molecular formula is C23H25FN4O. The molecule has 0 aliphatic carbocycles. The molecule has 0 atom stereocenters. The van der Waals surface area contributed by atoms with Gasteiger partial charge in [0.05, 0.1) is 0 Å². The first-order valence-corrected chi connectivity index (χ1v) is 10.0. The summed E-state index contributed by atoms with van der Waals surface area (Å²) in [5.74, 6) is 0.368. The van der Waals surface area contributed by atoms with Crippen LogP contribution in [0, 0.1) is 19.7 Å². The summed E-state index contributed by atoms with van der Waals surface area (Å²) in [4.78, 5) is 19.1. The van der Waals surface area contributed by atoms with Crippen molar-refractivity contribution in [1.82, 2.24) is 4.98 Å². The van der Waals surface area contributed by atoms with Gasteiger partial charge in [0.25, 0.3) is 0 Å². The van der Waals surface area contributed by atoms with Gasteiger partial charge in [-0.05, 0) is 74.6 Å². The van der Waals surface area contributed by atoms with Crippen molar-refractivity contribution in [3.63, 3.8) is 0 Å². The van der Waals surface area contributed by atoms with E-state index in [2.05, 4.69) is 20.5 Å². The molecule has 2 aromatic carbocycles. The number of hydrogen-bond acceptors (Lipinski definition) is 3. The standard InChI is InChI=1S/C23H25FN4O/c1-15-7-6-8-20(16(15)2)26-23(29)25-18-13-17-9-10-21(27-22(17)19(24)14-18)28-11-4-3-5-12-28/h6-10,13-14H,3-5,11-12H2,1-2H3,(H2,25,26,29). The van der Waals surface area contributed by atoms with Gasteiger partial charge in [0.1, 0.15) is 11.3 Å². The third kappa shape index (κ3) is 4.16. The summed E-state index contributed by atoms with van der Waals surface area (Å²) in [5.41, 5.74) is 3.55. The highest BCUT2D eigenvalue weighted by Crippen LogP contribution is 2.26. The SMILES string of the molecule is Cc1cccc(NC(=O)Nc2cc(F)c3nc(N4CCCCC4)ccc3c2)c1C. The van der Waals surface area contributed by atoms with E-state index in [1.807, 2.05) is 44.2 Å². The van der Waals surface area contributed by atoms with E-state index in [0.29, 0.717) is 16.6 Å². The summed E-state index contributed by atoms with van der Waals surface area (Å²) >= 11 is 0. The summed E-state index contributed by atoms with van der Waals surface area (Å²) < 4.78 is 14.7. The summed E-state index contributed by atoms with van der Waals surface area (Å²) in [7, 11) is 0. The zero-order valence-corrected chi connectivity index (χ0v) is 16.8. The number of rotatable bonds is 3. The number of carbonyl (C=O) groups is 1. The Morgan fingerprint density at radius 2 is 1.83 bits per heavy atom. The van der Waals surface area contributed by atoms with E-state index in [9.17, 15) is 9.18 Å². The van der Waals surface area contributed by atoms with E-state index in [1.54, 1.807) is 6.07 Å². The fourth-order valence-corrected chi connectivity index (χ4v) is 3.72. The van der Waals surface area contributed by atoms with Crippen LogP contribution in [0.15, 0.2) is 42.5 Å². The number of anilines is 3. The van der Waals surface area contributed by atoms with Gasteiger partial charge in [-0.3, -0.25) is 0 Å². The van der Waals surface area contributed by atoms with Crippen molar-refractivity contribution >= 4 is 34.1 Å². The number of urea groups is 1. The third-order valence-corrected chi connectivity index (χ3v) is 5.52. The Labute approximate surface area is 169 Å². The highest BCUT2D eigenvalue weighted by atomic mass is 19.1. The first-order chi connectivity index (χ1) is 14.0. The van der Waals surface area contributed by atoms with Gasteiger partial charge in [-0.25, -0.2) is 14.2 Å². The predicted octanol–water partition coefficient (Wildman–Crippen LogP) is 5.63. The van der Waals surface area contributed by atoms with Gasteiger partial charge in [-0.2, -0.15) is 0 Å². The normalized spacial score (nSPS) is 14.1. The average molecular weight is 392 g/mol. The van der Waals surface area contributed by atoms with E-state index in [4.69, 9.17) is 0 Å². The molecule has 0 spiro atoms. The van der Waals surface area contributed by atoms with Crippen LogP contribution >= 0.6 is 0 Å². The zero-order valence-electron chi connectivity index (χ0n) is 16.8. The van der Waals surface area contributed by atoms with Crippen LogP contribution in [0.1, 0.15) is 30.4 Å². The molecule has 5 nitrogen and oxygen atoms in total. The Morgan fingerprint density at radius 3 is 2.62 bits per heavy atom. The van der Waals surface area contributed by atoms with E-state index >= 15 is 0 Å². The summed E-state index contributed by atoms with van der Waals surface area (Å²) in [5, 5.41) is 6.20. The number of amides is 2. The lowest BCUT2D eigenvalue weighted by molar-refractivity contribution is 0.262. The number of halogens is 1. The van der Waals surface area contributed by atoms with Crippen LogP contribution in [0.25, 0.3) is 10.9 Å². The predicted molar refractivity (Wildman–Crippen MR) is 116 cm³/mol. The van der Waals surface area contributed by atoms with Crippen LogP contribution in [0.3, 0.4) is 0 Å². The van der Waals surface area contributed by atoms with Crippen molar-refractivity contribution < 1.29 is 9.18 Å². The number of aryl methyl sites for hydroxylation is 1. The van der Waals surface area contributed by atoms with E-state index in [-0.39, 0.29) is 0 Å². The Morgan fingerprint density at radius 1 is 1.03 bits per heavy atom. The lowest BCUT2D eigenvalue weighted by Crippen LogP contribution is -2.30. The molecule has 1 aromatic heterocycles. The molecule has 0 saturated carbocycles. The minimum atomic E-state index is -0.441. The Bertz CT molecular complexity index is 1060. The highest BCUT2D eigenvalue weighted by Gasteiger charge is 2.15. The van der Waals surface area contributed by atoms with Crippen LogP contribution in [0.2, 0.25) is 0 Å². The lowest BCUT2D eigenvalue weighted by atomic mass is 10.1. The van der Waals surface area contributed by atoms with Gasteiger partial charge < -0.3 is 15.5 Å². The number of nitrogens with zero attached hydrogens (tertiary/aromatic N) is 2. The van der Waals surface area contributed by atoms with Crippen LogP contribution in [0.5, 0.6) is 0 Å². The fraction of sp³-hybridized carbons (Fsp3) is 0.304. The number of benzene rings is 2. The van der Waals surface area contributed by atoms with Gasteiger partial charge in [0.2, 0.25) is 0 Å². The van der Waals surface area contributed by atoms with Gasteiger partial charge in [-0.1, -0.05) is 12.1 Å². The van der Waals surface area contributed by atoms with E-state index in [1.165, 1.54) is 12.5 Å². The Kier molecular flexibility index (Phi) is 5.34. The van der Waals surface area contributed by atoms with Crippen molar-refractivity contribution in [3.05, 3.63) is 59.4 Å². The van der Waals surface area contributed by atoms with Crippen molar-refractivity contribution in [3.8, 4) is 0 Å². The third-order valence-electron chi connectivity index (χ3n) is 5.52. The number of piperidine rings is 1. The molecule has 0 bridgehead atoms. The van der Waals surface area contributed by atoms with Gasteiger partial charge >= 0.3 is 6.03 Å². The quantitative estimate of drug-likeness (QED) is 0.608. The van der Waals surface area contributed by atoms with Crippen LogP contribution < -0.4 is 15.5 Å². The molecule has 1 aliphatic rings. The highest BCUT2D eigenvalue weighted by molar-refractivity contribution is 6.01. The topological polar surface area (TPSA) is 57.3 Å². The second-order valence-electron chi connectivity index (χ2n) is 7.57. The number of carbonyl (C=O) groups excluding carboxylic acids is 1. The maximum atomic E-state index is 14.7. The number of hydrogen-bond donors (Lipinski definition) is 2. The molecule has 150 valence electrons. The molecule has 2 amide bonds. The smallest absolute Gasteiger partial charge is 0.323 e. The monoisotopic (exact) mass is 392 g/mol. The number of aromatic nitrogens is 1. The molecule has 6 heteroatoms. The minimum absolute atomic E-state index is 0.327. The summed E-state index contributed by atoms with van der Waals surface area (Å²) in [6, 6.07) is 12.2. The second-order valence-corrected chi connectivity index (χ2v) is 7.57. The molecule has 2 heterocycles. The summed E-state index contributed by atoms with van der Waals surface area (Å²) in [6.07, 6.45) is 3.51. The van der Waals surface area contributed by atoms with Crippen LogP contribution in [-0.2, 0) is 0 Å². The lowest BCUT2D eigenvalue weighted by Gasteiger charge is -2.27. The molecule has 0 radical (unpaired) electrons. The van der Waals surface area contributed by atoms with E-state index in [0.717, 1.165) is 48.6 Å². The Hall–Kier alpha value is -3.15. The molecule has 1 saturated heterocycles. The van der Waals surface area contributed by atoms with Crippen LogP contribution in [0.4, 0.5) is 26.4 Å². The minimum Gasteiger partial charge on any atom is -0.357 e. The first-order valence-electron chi connectivity index (χ1n) is 10.0. The molecule has 4 rings (SSSR count). The zero-order chi connectivity index (χ0) is 20.4. The molecule has 29 heavy (non-hydrogen) atoms. The van der Waals surface area contributed by atoms with Gasteiger partial charge in [0, 0.05) is 29.9 Å². The Balaban J connectivity index is 1.53. The molecule has 0 unspecified atom stereocenters. The average Bonchev–Trinajstić information content (AvgIpc) is 2.72. The molecule has 1 aliphatic heterocycles. The molecule has 3 aromatic rings. The summed E-state index contributed by atoms with van der Waals surface area (Å²) in [6.45, 7) is 5.85. The molecular weight excluding hydrogens is 367 g/mol. The number of nitrogens with one attached hydrogen (secondary N) is 2. The van der Waals surface area contributed by atoms with E-state index < -0.39 is 11.8 Å². The van der Waals surface area contributed by atoms with Gasteiger partial charge in [-0.15, -0.1) is 0 Å². The van der Waals surface area contributed by atoms with Crippen molar-refractivity contribution in [2.24, 2.45) is 0 Å². The van der Waals surface area contributed by atoms with Crippen LogP contribution in [-0.4, -0.2) is 24.1 Å². The largest absolute Gasteiger partial charge is 0.357 e. The number of fused-ring (bicyclic) bond motifs is 1. The second kappa shape index (κ2) is 8.07. The number of pyridine rings is 1. The maximum Gasteiger partial charge on any atom is 0.323 e. The van der Waals surface area contributed by atoms with Crippen molar-refractivity contribution in [1.29, 1.82) is 0 Å². The van der Waals surface area contributed by atoms with Gasteiger partial charge in [0.15, 0.2) is 5.82 Å². The fourth-order valence-electron chi connectivity index (χ4n) is 3.72. The first kappa shape index (κ1) is 19.2. The van der Waals surface area contributed by atoms with Crippen molar-refractivity contribution in [2.75, 3.05) is 28.6 Å². The molecule has 2 N–H and O–H groups in total. The van der Waals surface area contributed by atoms with Crippen molar-refractivity contribution in [2.45, 2.75) is 33.1 Å².